The van der Waals surface area contributed by atoms with Crippen molar-refractivity contribution in [2.75, 3.05) is 0 Å². The first-order valence-corrected chi connectivity index (χ1v) is 3.63. The first-order valence-electron chi connectivity index (χ1n) is 3.63. The Morgan fingerprint density at radius 1 is 0.556 bits per heavy atom. The van der Waals surface area contributed by atoms with Gasteiger partial charge in [-0.05, 0) is 27.7 Å². The first kappa shape index (κ1) is 36.0. The van der Waals surface area contributed by atoms with Gasteiger partial charge in [0.2, 0.25) is 0 Å². The van der Waals surface area contributed by atoms with E-state index in [0.29, 0.717) is 0 Å². The van der Waals surface area contributed by atoms with E-state index in [1.165, 1.54) is 0 Å². The van der Waals surface area contributed by atoms with Gasteiger partial charge in [0.25, 0.3) is 0 Å². The Morgan fingerprint density at radius 3 is 0.556 bits per heavy atom. The van der Waals surface area contributed by atoms with E-state index in [1.807, 2.05) is 0 Å². The van der Waals surface area contributed by atoms with Crippen LogP contribution in [0.1, 0.15) is 27.7 Å². The third-order valence-electron chi connectivity index (χ3n) is 0. The maximum atomic E-state index is 8.89. The third kappa shape index (κ3) is 9720. The molecule has 10 heteroatoms. The molecule has 0 heterocycles. The molecule has 0 saturated heterocycles. The van der Waals surface area contributed by atoms with Crippen LogP contribution in [-0.4, -0.2) is 23.9 Å². The van der Waals surface area contributed by atoms with Crippen molar-refractivity contribution in [2.24, 2.45) is 0 Å². The van der Waals surface area contributed by atoms with Gasteiger partial charge in [0.15, 0.2) is 0 Å². The van der Waals surface area contributed by atoms with Gasteiger partial charge in [-0.15, -0.1) is 0 Å². The molecule has 0 atom stereocenters. The van der Waals surface area contributed by atoms with Gasteiger partial charge in [-0.2, -0.15) is 0 Å². The molecule has 0 fully saturated rings. The van der Waals surface area contributed by atoms with E-state index < -0.39 is 23.9 Å². The van der Waals surface area contributed by atoms with Crippen molar-refractivity contribution in [2.45, 2.75) is 27.7 Å². The van der Waals surface area contributed by atoms with E-state index >= 15 is 0 Å². The van der Waals surface area contributed by atoms with E-state index in [-0.39, 0.29) is 46.8 Å². The number of hydrogen-bond donors (Lipinski definition) is 0. The van der Waals surface area contributed by atoms with Crippen LogP contribution in [-0.2, 0) is 66.0 Å². The zero-order chi connectivity index (χ0) is 14.3. The molecular weight excluding hydrogens is 402 g/mol. The molecule has 0 unspecified atom stereocenters. The summed E-state index contributed by atoms with van der Waals surface area (Å²) < 4.78 is 0. The van der Waals surface area contributed by atoms with Crippen molar-refractivity contribution < 1.29 is 86.4 Å². The van der Waals surface area contributed by atoms with Gasteiger partial charge in [0.1, 0.15) is 0 Å². The standard InChI is InChI=1S/4C2H4O2.Cd.Zn/c4*1-2(3)4;;/h4*1H3,(H,3,4);;/q;;;;2*+2/p-4. The molecule has 0 bridgehead atoms. The van der Waals surface area contributed by atoms with Crippen LogP contribution in [0.2, 0.25) is 0 Å². The summed E-state index contributed by atoms with van der Waals surface area (Å²) in [5.74, 6) is -4.33. The second kappa shape index (κ2) is 29.9. The van der Waals surface area contributed by atoms with Crippen LogP contribution in [0.5, 0.6) is 0 Å². The first-order chi connectivity index (χ1) is 6.93. The topological polar surface area (TPSA) is 161 Å². The average Bonchev–Trinajstić information content (AvgIpc) is 1.76. The summed E-state index contributed by atoms with van der Waals surface area (Å²) in [6.07, 6.45) is 0. The van der Waals surface area contributed by atoms with Crippen molar-refractivity contribution in [3.05, 3.63) is 0 Å². The summed E-state index contributed by atoms with van der Waals surface area (Å²) >= 11 is 0. The molecule has 0 radical (unpaired) electrons. The zero-order valence-corrected chi connectivity index (χ0v) is 17.7. The largest absolute Gasteiger partial charge is 2.00 e. The smallest absolute Gasteiger partial charge is 0.550 e. The van der Waals surface area contributed by atoms with Crippen molar-refractivity contribution in [3.63, 3.8) is 0 Å². The van der Waals surface area contributed by atoms with Crippen molar-refractivity contribution in [1.29, 1.82) is 0 Å². The van der Waals surface area contributed by atoms with Gasteiger partial charge in [0.05, 0.1) is 0 Å². The molecule has 0 N–H and O–H groups in total. The maximum Gasteiger partial charge on any atom is 2.00 e. The number of carbonyl (C=O) groups is 4. The Labute approximate surface area is 137 Å². The van der Waals surface area contributed by atoms with Gasteiger partial charge in [-0.1, -0.05) is 0 Å². The normalized spacial score (nSPS) is 5.56. The fraction of sp³-hybridized carbons (Fsp3) is 0.500. The van der Waals surface area contributed by atoms with Crippen molar-refractivity contribution >= 4 is 23.9 Å². The molecule has 18 heavy (non-hydrogen) atoms. The van der Waals surface area contributed by atoms with Gasteiger partial charge in [0, 0.05) is 23.9 Å². The third-order valence-corrected chi connectivity index (χ3v) is 0. The summed E-state index contributed by atoms with van der Waals surface area (Å²) in [5, 5.41) is 35.6. The Balaban J connectivity index is -0.0000000257. The molecule has 96 valence electrons. The molecule has 0 aromatic heterocycles. The number of carbonyl (C=O) groups excluding carboxylic acids is 4. The van der Waals surface area contributed by atoms with Crippen LogP contribution in [0.3, 0.4) is 0 Å². The summed E-state index contributed by atoms with van der Waals surface area (Å²) in [5.41, 5.74) is 0. The monoisotopic (exact) mass is 414 g/mol. The van der Waals surface area contributed by atoms with Crippen molar-refractivity contribution in [3.8, 4) is 0 Å². The molecule has 0 spiro atoms. The quantitative estimate of drug-likeness (QED) is 0.356. The fourth-order valence-electron chi connectivity index (χ4n) is 0. The molecule has 0 aliphatic heterocycles. The van der Waals surface area contributed by atoms with Gasteiger partial charge in [-0.3, -0.25) is 0 Å². The minimum atomic E-state index is -1.08. The second-order valence-electron chi connectivity index (χ2n) is 1.97. The maximum absolute atomic E-state index is 8.89. The van der Waals surface area contributed by atoms with E-state index in [2.05, 4.69) is 0 Å². The summed E-state index contributed by atoms with van der Waals surface area (Å²) in [7, 11) is 0. The number of aliphatic carboxylic acids is 4. The van der Waals surface area contributed by atoms with Crippen LogP contribution < -0.4 is 20.4 Å². The van der Waals surface area contributed by atoms with E-state index in [4.69, 9.17) is 39.6 Å². The number of carboxylic acid groups (broad SMARTS) is 4. The minimum absolute atomic E-state index is 0. The molecule has 0 rings (SSSR count). The van der Waals surface area contributed by atoms with Crippen LogP contribution in [0.4, 0.5) is 0 Å². The Hall–Kier alpha value is -0.575. The molecule has 0 aromatic rings. The average molecular weight is 414 g/mol. The molecule has 8 nitrogen and oxygen atoms in total. The Kier molecular flexibility index (Phi) is 59.9. The van der Waals surface area contributed by atoms with E-state index in [0.717, 1.165) is 27.7 Å². The Morgan fingerprint density at radius 2 is 0.556 bits per heavy atom. The summed E-state index contributed by atoms with van der Waals surface area (Å²) in [4.78, 5) is 35.6. The van der Waals surface area contributed by atoms with Crippen LogP contribution >= 0.6 is 0 Å². The second-order valence-corrected chi connectivity index (χ2v) is 1.97. The van der Waals surface area contributed by atoms with E-state index in [1.54, 1.807) is 0 Å². The minimum Gasteiger partial charge on any atom is -0.550 e. The zero-order valence-electron chi connectivity index (χ0n) is 10.7. The molecule has 0 aliphatic rings. The number of carboxylic acids is 4. The molecule has 0 aliphatic carbocycles. The van der Waals surface area contributed by atoms with Crippen LogP contribution in [0.15, 0.2) is 0 Å². The van der Waals surface area contributed by atoms with Gasteiger partial charge < -0.3 is 39.6 Å². The van der Waals surface area contributed by atoms with Gasteiger partial charge >= 0.3 is 46.8 Å². The molecule has 0 saturated carbocycles. The number of rotatable bonds is 0. The predicted octanol–water partition coefficient (Wildman–Crippen LogP) is -4.98. The fourth-order valence-corrected chi connectivity index (χ4v) is 0. The SMILES string of the molecule is CC(=O)[O-].CC(=O)[O-].CC(=O)[O-].CC(=O)[O-].[Cd+2].[Zn+2]. The molecule has 0 aromatic carbocycles. The number of hydrogen-bond acceptors (Lipinski definition) is 8. The summed E-state index contributed by atoms with van der Waals surface area (Å²) in [6, 6.07) is 0. The summed E-state index contributed by atoms with van der Waals surface area (Å²) in [6.45, 7) is 3.89. The molecular formula is C8H12CdO8Zn. The Bertz CT molecular complexity index is 167. The van der Waals surface area contributed by atoms with Crippen LogP contribution in [0.25, 0.3) is 0 Å². The van der Waals surface area contributed by atoms with Crippen molar-refractivity contribution in [1.82, 2.24) is 0 Å². The van der Waals surface area contributed by atoms with Crippen LogP contribution in [0, 0.1) is 0 Å². The van der Waals surface area contributed by atoms with E-state index in [9.17, 15) is 0 Å². The molecule has 0 amide bonds. The van der Waals surface area contributed by atoms with Gasteiger partial charge in [-0.25, -0.2) is 0 Å². The predicted molar refractivity (Wildman–Crippen MR) is 42.7 cm³/mol.